The van der Waals surface area contributed by atoms with E-state index in [2.05, 4.69) is 37.6 Å². The number of nitrogens with zero attached hydrogens (tertiary/aromatic N) is 1. The van der Waals surface area contributed by atoms with E-state index in [-0.39, 0.29) is 11.2 Å². The first kappa shape index (κ1) is 17.7. The maximum atomic E-state index is 13.5. The van der Waals surface area contributed by atoms with Crippen LogP contribution in [0.15, 0.2) is 23.0 Å². The number of aromatic nitrogens is 1. The fraction of sp³-hybridized carbons (Fsp3) is 0.526. The summed E-state index contributed by atoms with van der Waals surface area (Å²) in [5.41, 5.74) is 2.24. The Hall–Kier alpha value is -1.68. The van der Waals surface area contributed by atoms with E-state index in [1.165, 1.54) is 12.1 Å². The van der Waals surface area contributed by atoms with Crippen molar-refractivity contribution in [2.45, 2.75) is 41.2 Å². The fourth-order valence-corrected chi connectivity index (χ4v) is 3.07. The monoisotopic (exact) mass is 318 g/mol. The second-order valence-corrected chi connectivity index (χ2v) is 7.23. The smallest absolute Gasteiger partial charge is 0.194 e. The van der Waals surface area contributed by atoms with Gasteiger partial charge in [0.25, 0.3) is 0 Å². The molecule has 126 valence electrons. The Bertz CT molecular complexity index is 724. The third-order valence-corrected chi connectivity index (χ3v) is 3.90. The van der Waals surface area contributed by atoms with Crippen molar-refractivity contribution in [1.29, 1.82) is 0 Å². The molecule has 0 aliphatic carbocycles. The van der Waals surface area contributed by atoms with Gasteiger partial charge in [0.15, 0.2) is 5.43 Å². The molecule has 1 aromatic heterocycles. The molecule has 0 saturated heterocycles. The highest BCUT2D eigenvalue weighted by Crippen LogP contribution is 2.15. The number of hydrogen-bond acceptors (Lipinski definition) is 2. The molecule has 0 fully saturated rings. The molecule has 0 bridgehead atoms. The Balaban J connectivity index is 2.42. The Morgan fingerprint density at radius 3 is 2.30 bits per heavy atom. The third-order valence-electron chi connectivity index (χ3n) is 3.90. The van der Waals surface area contributed by atoms with Crippen LogP contribution in [0.4, 0.5) is 4.39 Å². The highest BCUT2D eigenvalue weighted by Gasteiger charge is 2.16. The van der Waals surface area contributed by atoms with Crippen LogP contribution in [0.5, 0.6) is 0 Å². The second-order valence-electron chi connectivity index (χ2n) is 7.23. The van der Waals surface area contributed by atoms with E-state index in [1.54, 1.807) is 6.07 Å². The van der Waals surface area contributed by atoms with E-state index in [0.717, 1.165) is 24.3 Å². The number of pyridine rings is 1. The molecule has 23 heavy (non-hydrogen) atoms. The van der Waals surface area contributed by atoms with E-state index in [1.807, 2.05) is 6.92 Å². The maximum absolute atomic E-state index is 13.5. The van der Waals surface area contributed by atoms with Crippen molar-refractivity contribution in [2.75, 3.05) is 13.1 Å². The summed E-state index contributed by atoms with van der Waals surface area (Å²) in [4.78, 5) is 18.4. The summed E-state index contributed by atoms with van der Waals surface area (Å²) in [5, 5.41) is 0.430. The summed E-state index contributed by atoms with van der Waals surface area (Å²) in [6.45, 7) is 13.1. The van der Waals surface area contributed by atoms with E-state index in [4.69, 9.17) is 0 Å². The molecule has 4 heteroatoms. The van der Waals surface area contributed by atoms with E-state index in [0.29, 0.717) is 29.3 Å². The second kappa shape index (κ2) is 7.26. The van der Waals surface area contributed by atoms with Gasteiger partial charge in [-0.15, -0.1) is 0 Å². The number of rotatable bonds is 6. The maximum Gasteiger partial charge on any atom is 0.194 e. The third kappa shape index (κ3) is 4.41. The van der Waals surface area contributed by atoms with E-state index < -0.39 is 0 Å². The van der Waals surface area contributed by atoms with Crippen LogP contribution in [0.1, 0.15) is 39.0 Å². The van der Waals surface area contributed by atoms with Gasteiger partial charge in [-0.2, -0.15) is 0 Å². The van der Waals surface area contributed by atoms with Crippen LogP contribution >= 0.6 is 0 Å². The van der Waals surface area contributed by atoms with Gasteiger partial charge in [0.1, 0.15) is 5.82 Å². The molecule has 3 nitrogen and oxygen atoms in total. The summed E-state index contributed by atoms with van der Waals surface area (Å²) in [6, 6.07) is 4.33. The Kier molecular flexibility index (Phi) is 5.58. The van der Waals surface area contributed by atoms with Crippen LogP contribution < -0.4 is 5.43 Å². The molecule has 0 saturated carbocycles. The lowest BCUT2D eigenvalue weighted by Gasteiger charge is -2.26. The number of hydrogen-bond donors (Lipinski definition) is 1. The lowest BCUT2D eigenvalue weighted by molar-refractivity contribution is 0.210. The number of benzene rings is 1. The molecule has 0 amide bonds. The molecule has 0 radical (unpaired) electrons. The first-order valence-electron chi connectivity index (χ1n) is 8.31. The van der Waals surface area contributed by atoms with Crippen molar-refractivity contribution >= 4 is 10.9 Å². The number of fused-ring (bicyclic) bond motifs is 1. The molecule has 0 aliphatic rings. The minimum absolute atomic E-state index is 0.0618. The molecule has 1 heterocycles. The summed E-state index contributed by atoms with van der Waals surface area (Å²) < 4.78 is 13.5. The van der Waals surface area contributed by atoms with Crippen LogP contribution in [-0.2, 0) is 6.54 Å². The van der Waals surface area contributed by atoms with Crippen LogP contribution in [0, 0.1) is 24.6 Å². The van der Waals surface area contributed by atoms with Crippen LogP contribution in [0.2, 0.25) is 0 Å². The molecular weight excluding hydrogens is 291 g/mol. The number of H-pyrrole nitrogens is 1. The van der Waals surface area contributed by atoms with Gasteiger partial charge in [-0.25, -0.2) is 4.39 Å². The average molecular weight is 318 g/mol. The number of aromatic amines is 1. The summed E-state index contributed by atoms with van der Waals surface area (Å²) in [5.74, 6) is 0.691. The minimum atomic E-state index is -0.376. The average Bonchev–Trinajstić information content (AvgIpc) is 2.43. The van der Waals surface area contributed by atoms with Crippen LogP contribution in [0.25, 0.3) is 10.9 Å². The predicted octanol–water partition coefficient (Wildman–Crippen LogP) is 4.09. The minimum Gasteiger partial charge on any atom is -0.358 e. The first-order valence-corrected chi connectivity index (χ1v) is 8.31. The Morgan fingerprint density at radius 1 is 1.13 bits per heavy atom. The number of halogens is 1. The summed E-state index contributed by atoms with van der Waals surface area (Å²) >= 11 is 0. The summed E-state index contributed by atoms with van der Waals surface area (Å²) in [7, 11) is 0. The van der Waals surface area contributed by atoms with Crippen molar-refractivity contribution in [3.05, 3.63) is 45.5 Å². The van der Waals surface area contributed by atoms with Gasteiger partial charge in [-0.1, -0.05) is 27.7 Å². The standard InChI is InChI=1S/C19H27FN2O/c1-12(2)9-22(10-13(3)4)11-17-14(5)21-18-7-6-15(20)8-16(18)19(17)23/h6-8,12-13H,9-11H2,1-5H3,(H,21,23). The highest BCUT2D eigenvalue weighted by atomic mass is 19.1. The van der Waals surface area contributed by atoms with Crippen molar-refractivity contribution in [2.24, 2.45) is 11.8 Å². The number of aryl methyl sites for hydroxylation is 1. The topological polar surface area (TPSA) is 36.1 Å². The molecular formula is C19H27FN2O. The SMILES string of the molecule is Cc1[nH]c2ccc(F)cc2c(=O)c1CN(CC(C)C)CC(C)C. The molecule has 1 aromatic carbocycles. The lowest BCUT2D eigenvalue weighted by Crippen LogP contribution is -2.33. The highest BCUT2D eigenvalue weighted by molar-refractivity contribution is 5.79. The Morgan fingerprint density at radius 2 is 1.74 bits per heavy atom. The van der Waals surface area contributed by atoms with Crippen molar-refractivity contribution in [3.8, 4) is 0 Å². The Labute approximate surface area is 137 Å². The zero-order valence-corrected chi connectivity index (χ0v) is 14.7. The number of nitrogens with one attached hydrogen (secondary N) is 1. The van der Waals surface area contributed by atoms with Crippen LogP contribution in [0.3, 0.4) is 0 Å². The van der Waals surface area contributed by atoms with Gasteiger partial charge >= 0.3 is 0 Å². The van der Waals surface area contributed by atoms with Crippen molar-refractivity contribution in [1.82, 2.24) is 9.88 Å². The van der Waals surface area contributed by atoms with Crippen molar-refractivity contribution in [3.63, 3.8) is 0 Å². The first-order chi connectivity index (χ1) is 10.8. The van der Waals surface area contributed by atoms with Gasteiger partial charge < -0.3 is 4.98 Å². The largest absolute Gasteiger partial charge is 0.358 e. The van der Waals surface area contributed by atoms with Gasteiger partial charge in [-0.3, -0.25) is 9.69 Å². The zero-order chi connectivity index (χ0) is 17.1. The molecule has 0 aliphatic heterocycles. The summed E-state index contributed by atoms with van der Waals surface area (Å²) in [6.07, 6.45) is 0. The van der Waals surface area contributed by atoms with Gasteiger partial charge in [-0.05, 0) is 37.0 Å². The lowest BCUT2D eigenvalue weighted by atomic mass is 10.1. The molecule has 2 rings (SSSR count). The van der Waals surface area contributed by atoms with Gasteiger partial charge in [0, 0.05) is 41.8 Å². The zero-order valence-electron chi connectivity index (χ0n) is 14.7. The normalized spacial score (nSPS) is 12.0. The molecule has 0 spiro atoms. The van der Waals surface area contributed by atoms with E-state index >= 15 is 0 Å². The molecule has 0 atom stereocenters. The van der Waals surface area contributed by atoms with Crippen LogP contribution in [-0.4, -0.2) is 23.0 Å². The molecule has 1 N–H and O–H groups in total. The van der Waals surface area contributed by atoms with Gasteiger partial charge in [0.05, 0.1) is 0 Å². The predicted molar refractivity (Wildman–Crippen MR) is 94.2 cm³/mol. The fourth-order valence-electron chi connectivity index (χ4n) is 3.07. The molecule has 0 unspecified atom stereocenters. The van der Waals surface area contributed by atoms with Crippen molar-refractivity contribution < 1.29 is 4.39 Å². The van der Waals surface area contributed by atoms with E-state index in [9.17, 15) is 9.18 Å². The quantitative estimate of drug-likeness (QED) is 0.871. The van der Waals surface area contributed by atoms with Gasteiger partial charge in [0.2, 0.25) is 0 Å². The molecule has 2 aromatic rings.